The van der Waals surface area contributed by atoms with Gasteiger partial charge in [0.2, 0.25) is 0 Å². The van der Waals surface area contributed by atoms with E-state index in [1.54, 1.807) is 0 Å². The highest BCUT2D eigenvalue weighted by Crippen LogP contribution is 2.57. The molecule has 4 heteroatoms. The molecule has 31 heavy (non-hydrogen) atoms. The summed E-state index contributed by atoms with van der Waals surface area (Å²) in [5.41, 5.74) is 1.61. The van der Waals surface area contributed by atoms with Gasteiger partial charge in [-0.15, -0.1) is 0 Å². The first-order valence-corrected chi connectivity index (χ1v) is 11.4. The number of benzene rings is 2. The topological polar surface area (TPSA) is 47.9 Å². The third-order valence-electron chi connectivity index (χ3n) is 7.47. The molecule has 1 aliphatic heterocycles. The van der Waals surface area contributed by atoms with Crippen LogP contribution in [0.25, 0.3) is 0 Å². The molecule has 0 radical (unpaired) electrons. The molecular formula is C27H32O4. The number of hydrogen-bond acceptors (Lipinski definition) is 4. The smallest absolute Gasteiger partial charge is 0.118 e. The maximum atomic E-state index is 10.8. The lowest BCUT2D eigenvalue weighted by Gasteiger charge is -2.47. The Labute approximate surface area is 184 Å². The minimum absolute atomic E-state index is 0.0371. The zero-order chi connectivity index (χ0) is 21.4. The van der Waals surface area contributed by atoms with Crippen LogP contribution in [0.1, 0.15) is 31.4 Å². The average molecular weight is 421 g/mol. The van der Waals surface area contributed by atoms with Gasteiger partial charge in [0, 0.05) is 11.8 Å². The molecule has 164 valence electrons. The van der Waals surface area contributed by atoms with Crippen LogP contribution in [0.4, 0.5) is 0 Å². The van der Waals surface area contributed by atoms with Crippen LogP contribution in [-0.4, -0.2) is 35.1 Å². The van der Waals surface area contributed by atoms with E-state index >= 15 is 0 Å². The van der Waals surface area contributed by atoms with Gasteiger partial charge in [0.1, 0.15) is 5.60 Å². The van der Waals surface area contributed by atoms with Gasteiger partial charge >= 0.3 is 0 Å². The summed E-state index contributed by atoms with van der Waals surface area (Å²) < 4.78 is 19.8. The number of ether oxygens (including phenoxy) is 3. The predicted octanol–water partition coefficient (Wildman–Crippen LogP) is 4.52. The number of aliphatic hydroxyl groups is 1. The number of rotatable bonds is 7. The van der Waals surface area contributed by atoms with Gasteiger partial charge < -0.3 is 19.3 Å². The third kappa shape index (κ3) is 3.66. The van der Waals surface area contributed by atoms with E-state index in [-0.39, 0.29) is 36.1 Å². The summed E-state index contributed by atoms with van der Waals surface area (Å²) in [7, 11) is 0. The molecule has 2 aliphatic carbocycles. The largest absolute Gasteiger partial charge is 0.390 e. The standard InChI is InChI=1S/C27H32O4/c1-18-24(29-16-20-10-5-3-6-11-20)23-22-14-9-15-27(23,19(2)28)31-26(22)25(18)30-17-21-12-7-4-8-13-21/h3-13,15,18-19,22-26,28H,14,16-17H2,1-2H3/t18-,19-,22-,23+,24-,25-,26+,27-/m1/s1. The lowest BCUT2D eigenvalue weighted by Crippen LogP contribution is -2.56. The number of aliphatic hydroxyl groups excluding tert-OH is 1. The predicted molar refractivity (Wildman–Crippen MR) is 119 cm³/mol. The summed E-state index contributed by atoms with van der Waals surface area (Å²) in [5.74, 6) is 0.570. The lowest BCUT2D eigenvalue weighted by molar-refractivity contribution is -0.150. The monoisotopic (exact) mass is 420 g/mol. The summed E-state index contributed by atoms with van der Waals surface area (Å²) >= 11 is 0. The Morgan fingerprint density at radius 1 is 0.968 bits per heavy atom. The molecule has 1 N–H and O–H groups in total. The Morgan fingerprint density at radius 3 is 2.13 bits per heavy atom. The Balaban J connectivity index is 1.43. The molecule has 3 aliphatic rings. The van der Waals surface area contributed by atoms with E-state index in [0.717, 1.165) is 17.5 Å². The van der Waals surface area contributed by atoms with Crippen molar-refractivity contribution in [1.29, 1.82) is 0 Å². The van der Waals surface area contributed by atoms with E-state index in [2.05, 4.69) is 43.3 Å². The highest BCUT2D eigenvalue weighted by atomic mass is 16.6. The van der Waals surface area contributed by atoms with Crippen LogP contribution in [0.5, 0.6) is 0 Å². The van der Waals surface area contributed by atoms with Crippen molar-refractivity contribution < 1.29 is 19.3 Å². The van der Waals surface area contributed by atoms with Gasteiger partial charge in [-0.05, 0) is 30.4 Å². The molecule has 2 aromatic rings. The van der Waals surface area contributed by atoms with Crippen LogP contribution >= 0.6 is 0 Å². The molecule has 4 nitrogen and oxygen atoms in total. The van der Waals surface area contributed by atoms with Crippen molar-refractivity contribution in [3.8, 4) is 0 Å². The summed E-state index contributed by atoms with van der Waals surface area (Å²) in [6.07, 6.45) is 4.42. The minimum atomic E-state index is -0.700. The molecule has 1 saturated heterocycles. The van der Waals surface area contributed by atoms with Gasteiger partial charge in [0.25, 0.3) is 0 Å². The molecule has 8 atom stereocenters. The molecular weight excluding hydrogens is 388 g/mol. The molecule has 2 aromatic carbocycles. The van der Waals surface area contributed by atoms with Crippen molar-refractivity contribution in [2.45, 2.75) is 63.5 Å². The maximum absolute atomic E-state index is 10.8. The minimum Gasteiger partial charge on any atom is -0.390 e. The highest BCUT2D eigenvalue weighted by molar-refractivity contribution is 5.25. The van der Waals surface area contributed by atoms with Crippen molar-refractivity contribution >= 4 is 0 Å². The van der Waals surface area contributed by atoms with Gasteiger partial charge in [0.05, 0.1) is 37.6 Å². The number of hydrogen-bond donors (Lipinski definition) is 1. The van der Waals surface area contributed by atoms with Gasteiger partial charge in [-0.1, -0.05) is 79.7 Å². The second-order valence-corrected chi connectivity index (χ2v) is 9.32. The molecule has 4 bridgehead atoms. The van der Waals surface area contributed by atoms with E-state index in [0.29, 0.717) is 13.2 Å². The third-order valence-corrected chi connectivity index (χ3v) is 7.47. The molecule has 0 amide bonds. The second-order valence-electron chi connectivity index (χ2n) is 9.32. The zero-order valence-electron chi connectivity index (χ0n) is 18.3. The molecule has 1 heterocycles. The summed E-state index contributed by atoms with van der Waals surface area (Å²) in [6.45, 7) is 5.16. The Morgan fingerprint density at radius 2 is 1.55 bits per heavy atom. The first kappa shape index (κ1) is 20.9. The van der Waals surface area contributed by atoms with Crippen LogP contribution < -0.4 is 0 Å². The zero-order valence-corrected chi connectivity index (χ0v) is 18.3. The summed E-state index contributed by atoms with van der Waals surface area (Å²) in [5, 5.41) is 10.8. The normalized spacial score (nSPS) is 37.0. The van der Waals surface area contributed by atoms with Crippen LogP contribution in [0.3, 0.4) is 0 Å². The van der Waals surface area contributed by atoms with Crippen LogP contribution in [-0.2, 0) is 27.4 Å². The van der Waals surface area contributed by atoms with E-state index in [4.69, 9.17) is 14.2 Å². The van der Waals surface area contributed by atoms with Crippen LogP contribution in [0.15, 0.2) is 72.8 Å². The summed E-state index contributed by atoms with van der Waals surface area (Å²) in [4.78, 5) is 0. The van der Waals surface area contributed by atoms with Crippen LogP contribution in [0.2, 0.25) is 0 Å². The van der Waals surface area contributed by atoms with E-state index < -0.39 is 11.7 Å². The van der Waals surface area contributed by atoms with Crippen molar-refractivity contribution in [2.75, 3.05) is 0 Å². The van der Waals surface area contributed by atoms with Gasteiger partial charge in [-0.25, -0.2) is 0 Å². The number of allylic oxidation sites excluding steroid dienone is 1. The molecule has 0 unspecified atom stereocenters. The van der Waals surface area contributed by atoms with E-state index in [1.807, 2.05) is 43.3 Å². The first-order valence-electron chi connectivity index (χ1n) is 11.4. The SMILES string of the molecule is C[C@H]1[C@@H](OCc2ccccc2)[C@H]2O[C@@]3([C@@H](C)O)C=CC[C@@H]2[C@H]3[C@@H]1OCc1ccccc1. The molecule has 1 saturated carbocycles. The molecule has 0 spiro atoms. The first-order chi connectivity index (χ1) is 15.1. The summed E-state index contributed by atoms with van der Waals surface area (Å²) in [6, 6.07) is 20.6. The van der Waals surface area contributed by atoms with Crippen molar-refractivity contribution in [1.82, 2.24) is 0 Å². The van der Waals surface area contributed by atoms with Crippen molar-refractivity contribution in [2.24, 2.45) is 17.8 Å². The maximum Gasteiger partial charge on any atom is 0.118 e. The van der Waals surface area contributed by atoms with Crippen molar-refractivity contribution in [3.63, 3.8) is 0 Å². The fourth-order valence-corrected chi connectivity index (χ4v) is 5.96. The Bertz CT molecular complexity index is 896. The van der Waals surface area contributed by atoms with Gasteiger partial charge in [-0.2, -0.15) is 0 Å². The second kappa shape index (κ2) is 8.51. The van der Waals surface area contributed by atoms with E-state index in [9.17, 15) is 5.11 Å². The highest BCUT2D eigenvalue weighted by Gasteiger charge is 2.66. The molecule has 0 aromatic heterocycles. The molecule has 2 fully saturated rings. The van der Waals surface area contributed by atoms with Gasteiger partial charge in [0.15, 0.2) is 0 Å². The van der Waals surface area contributed by atoms with E-state index in [1.165, 1.54) is 0 Å². The van der Waals surface area contributed by atoms with Crippen LogP contribution in [0, 0.1) is 17.8 Å². The average Bonchev–Trinajstić information content (AvgIpc) is 2.92. The van der Waals surface area contributed by atoms with Crippen molar-refractivity contribution in [3.05, 3.63) is 83.9 Å². The fraction of sp³-hybridized carbons (Fsp3) is 0.481. The Hall–Kier alpha value is -1.98. The Kier molecular flexibility index (Phi) is 5.74. The van der Waals surface area contributed by atoms with Gasteiger partial charge in [-0.3, -0.25) is 0 Å². The fourth-order valence-electron chi connectivity index (χ4n) is 5.96. The lowest BCUT2D eigenvalue weighted by atomic mass is 9.61. The quantitative estimate of drug-likeness (QED) is 0.669. The molecule has 5 rings (SSSR count).